The predicted molar refractivity (Wildman–Crippen MR) is 68.7 cm³/mol. The third-order valence-electron chi connectivity index (χ3n) is 3.94. The molecule has 0 aromatic heterocycles. The summed E-state index contributed by atoms with van der Waals surface area (Å²) in [6, 6.07) is -0.251. The molecule has 0 saturated heterocycles. The third-order valence-corrected chi connectivity index (χ3v) is 5.62. The molecule has 0 bridgehead atoms. The summed E-state index contributed by atoms with van der Waals surface area (Å²) in [6.45, 7) is 1.64. The predicted octanol–water partition coefficient (Wildman–Crippen LogP) is 2.22. The van der Waals surface area contributed by atoms with Crippen molar-refractivity contribution in [3.05, 3.63) is 0 Å². The molecular weight excluding hydrogens is 260 g/mol. The van der Waals surface area contributed by atoms with E-state index in [4.69, 9.17) is 0 Å². The minimum absolute atomic E-state index is 0.0324. The summed E-state index contributed by atoms with van der Waals surface area (Å²) in [7, 11) is -1.46. The average molecular weight is 283 g/mol. The molecule has 1 N–H and O–H groups in total. The Hall–Kier alpha value is -0.230. The zero-order valence-corrected chi connectivity index (χ0v) is 12.1. The fourth-order valence-electron chi connectivity index (χ4n) is 2.68. The van der Waals surface area contributed by atoms with Gasteiger partial charge in [0, 0.05) is 25.1 Å². The molecule has 1 rings (SSSR count). The van der Waals surface area contributed by atoms with E-state index in [1.807, 2.05) is 0 Å². The van der Waals surface area contributed by atoms with Crippen molar-refractivity contribution in [1.29, 1.82) is 0 Å². The smallest absolute Gasteiger partial charge is 0.248 e. The summed E-state index contributed by atoms with van der Waals surface area (Å²) in [5.41, 5.74) is 0. The van der Waals surface area contributed by atoms with Crippen LogP contribution in [0.4, 0.5) is 8.78 Å². The van der Waals surface area contributed by atoms with Crippen LogP contribution < -0.4 is 5.32 Å². The van der Waals surface area contributed by atoms with Gasteiger partial charge in [0.25, 0.3) is 0 Å². The van der Waals surface area contributed by atoms with Gasteiger partial charge in [-0.15, -0.1) is 0 Å². The molecule has 0 radical (unpaired) electrons. The number of halogens is 2. The van der Waals surface area contributed by atoms with Crippen molar-refractivity contribution in [2.75, 3.05) is 13.3 Å². The van der Waals surface area contributed by atoms with E-state index >= 15 is 0 Å². The molecule has 6 heteroatoms. The van der Waals surface area contributed by atoms with E-state index in [1.54, 1.807) is 14.0 Å². The summed E-state index contributed by atoms with van der Waals surface area (Å²) in [6.07, 6.45) is 2.85. The first-order chi connectivity index (χ1) is 8.15. The van der Waals surface area contributed by atoms with E-state index in [9.17, 15) is 17.2 Å². The molecule has 3 unspecified atom stereocenters. The Morgan fingerprint density at radius 3 is 2.50 bits per heavy atom. The van der Waals surface area contributed by atoms with Crippen molar-refractivity contribution in [1.82, 2.24) is 5.32 Å². The van der Waals surface area contributed by atoms with Gasteiger partial charge in [-0.25, -0.2) is 17.2 Å². The quantitative estimate of drug-likeness (QED) is 0.841. The monoisotopic (exact) mass is 283 g/mol. The maximum absolute atomic E-state index is 13.3. The van der Waals surface area contributed by atoms with Gasteiger partial charge in [0.15, 0.2) is 9.84 Å². The van der Waals surface area contributed by atoms with Crippen LogP contribution in [-0.4, -0.2) is 38.9 Å². The highest BCUT2D eigenvalue weighted by molar-refractivity contribution is 7.91. The molecule has 1 aliphatic carbocycles. The summed E-state index contributed by atoms with van der Waals surface area (Å²) < 4.78 is 49.6. The van der Waals surface area contributed by atoms with Gasteiger partial charge in [0.1, 0.15) is 0 Å². The first kappa shape index (κ1) is 15.8. The number of alkyl halides is 2. The highest BCUT2D eigenvalue weighted by Gasteiger charge is 2.38. The van der Waals surface area contributed by atoms with E-state index in [0.29, 0.717) is 12.8 Å². The van der Waals surface area contributed by atoms with Crippen LogP contribution in [-0.2, 0) is 9.84 Å². The number of rotatable bonds is 5. The van der Waals surface area contributed by atoms with Crippen molar-refractivity contribution >= 4 is 9.84 Å². The molecule has 108 valence electrons. The fraction of sp³-hybridized carbons (Fsp3) is 1.00. The first-order valence-corrected chi connectivity index (χ1v) is 8.35. The van der Waals surface area contributed by atoms with Crippen LogP contribution in [0.5, 0.6) is 0 Å². The molecular formula is C12H23F2NO2S. The molecule has 3 nitrogen and oxygen atoms in total. The minimum atomic E-state index is -3.14. The lowest BCUT2D eigenvalue weighted by molar-refractivity contribution is -0.0546. The van der Waals surface area contributed by atoms with Crippen LogP contribution in [0.2, 0.25) is 0 Å². The molecule has 1 aliphatic rings. The summed E-state index contributed by atoms with van der Waals surface area (Å²) in [5.74, 6) is -2.66. The second kappa shape index (κ2) is 5.82. The first-order valence-electron chi connectivity index (χ1n) is 6.39. The second-order valence-electron chi connectivity index (χ2n) is 5.48. The van der Waals surface area contributed by atoms with E-state index < -0.39 is 21.0 Å². The largest absolute Gasteiger partial charge is 0.316 e. The van der Waals surface area contributed by atoms with Crippen molar-refractivity contribution in [3.63, 3.8) is 0 Å². The van der Waals surface area contributed by atoms with Gasteiger partial charge in [0.05, 0.1) is 5.25 Å². The Labute approximate surface area is 108 Å². The van der Waals surface area contributed by atoms with Gasteiger partial charge in [-0.05, 0) is 39.2 Å². The Kier molecular flexibility index (Phi) is 5.12. The maximum atomic E-state index is 13.3. The van der Waals surface area contributed by atoms with E-state index in [0.717, 1.165) is 6.42 Å². The van der Waals surface area contributed by atoms with E-state index in [-0.39, 0.29) is 24.8 Å². The Bertz CT molecular complexity index is 370. The molecule has 0 aromatic rings. The number of hydrogen-bond acceptors (Lipinski definition) is 3. The topological polar surface area (TPSA) is 46.2 Å². The Morgan fingerprint density at radius 1 is 1.44 bits per heavy atom. The fourth-order valence-corrected chi connectivity index (χ4v) is 3.52. The van der Waals surface area contributed by atoms with E-state index in [1.165, 1.54) is 6.26 Å². The highest BCUT2D eigenvalue weighted by Crippen LogP contribution is 2.38. The standard InChI is InChI=1S/C12H23F2NO2S/c1-9(18(3,16)17)11(15-2)7-10-5-4-6-12(13,14)8-10/h9-11,15H,4-8H2,1-3H3. The van der Waals surface area contributed by atoms with Crippen LogP contribution in [0.25, 0.3) is 0 Å². The highest BCUT2D eigenvalue weighted by atomic mass is 32.2. The minimum Gasteiger partial charge on any atom is -0.316 e. The SMILES string of the molecule is CNC(CC1CCCC(F)(F)C1)C(C)S(C)(=O)=O. The van der Waals surface area contributed by atoms with Crippen molar-refractivity contribution in [2.24, 2.45) is 5.92 Å². The maximum Gasteiger partial charge on any atom is 0.248 e. The molecule has 0 heterocycles. The lowest BCUT2D eigenvalue weighted by Gasteiger charge is -2.32. The number of hydrogen-bond donors (Lipinski definition) is 1. The van der Waals surface area contributed by atoms with Crippen LogP contribution in [0.1, 0.15) is 39.0 Å². The Morgan fingerprint density at radius 2 is 2.06 bits per heavy atom. The zero-order chi connectivity index (χ0) is 14.0. The van der Waals surface area contributed by atoms with Crippen molar-refractivity contribution < 1.29 is 17.2 Å². The average Bonchev–Trinajstić information content (AvgIpc) is 2.22. The number of sulfone groups is 1. The molecule has 0 aliphatic heterocycles. The Balaban J connectivity index is 2.64. The lowest BCUT2D eigenvalue weighted by Crippen LogP contribution is -2.42. The zero-order valence-electron chi connectivity index (χ0n) is 11.2. The van der Waals surface area contributed by atoms with Gasteiger partial charge in [-0.2, -0.15) is 0 Å². The molecule has 0 amide bonds. The van der Waals surface area contributed by atoms with Gasteiger partial charge < -0.3 is 5.32 Å². The normalized spacial score (nSPS) is 27.7. The molecule has 1 fully saturated rings. The summed E-state index contributed by atoms with van der Waals surface area (Å²) in [4.78, 5) is 0. The van der Waals surface area contributed by atoms with Crippen molar-refractivity contribution in [2.45, 2.75) is 56.2 Å². The van der Waals surface area contributed by atoms with Crippen LogP contribution >= 0.6 is 0 Å². The third kappa shape index (κ3) is 4.46. The van der Waals surface area contributed by atoms with Crippen molar-refractivity contribution in [3.8, 4) is 0 Å². The lowest BCUT2D eigenvalue weighted by atomic mass is 9.82. The second-order valence-corrected chi connectivity index (χ2v) is 7.89. The van der Waals surface area contributed by atoms with E-state index in [2.05, 4.69) is 5.32 Å². The molecule has 18 heavy (non-hydrogen) atoms. The molecule has 0 aromatic carbocycles. The van der Waals surface area contributed by atoms with Crippen LogP contribution in [0.3, 0.4) is 0 Å². The van der Waals surface area contributed by atoms with Crippen LogP contribution in [0, 0.1) is 5.92 Å². The molecule has 1 saturated carbocycles. The van der Waals surface area contributed by atoms with Gasteiger partial charge in [-0.1, -0.05) is 0 Å². The van der Waals surface area contributed by atoms with Crippen LogP contribution in [0.15, 0.2) is 0 Å². The molecule has 0 spiro atoms. The van der Waals surface area contributed by atoms with Gasteiger partial charge >= 0.3 is 0 Å². The molecule has 3 atom stereocenters. The van der Waals surface area contributed by atoms with Gasteiger partial charge in [-0.3, -0.25) is 0 Å². The number of nitrogens with one attached hydrogen (secondary N) is 1. The van der Waals surface area contributed by atoms with Gasteiger partial charge in [0.2, 0.25) is 5.92 Å². The summed E-state index contributed by atoms with van der Waals surface area (Å²) in [5, 5.41) is 2.42. The summed E-state index contributed by atoms with van der Waals surface area (Å²) >= 11 is 0.